The topological polar surface area (TPSA) is 132 Å². The van der Waals surface area contributed by atoms with Gasteiger partial charge in [0.25, 0.3) is 0 Å². The summed E-state index contributed by atoms with van der Waals surface area (Å²) in [5.41, 5.74) is 3.60. The Balaban J connectivity index is -0.000000158. The van der Waals surface area contributed by atoms with Crippen LogP contribution in [0.3, 0.4) is 0 Å². The van der Waals surface area contributed by atoms with Crippen molar-refractivity contribution in [3.05, 3.63) is 0 Å². The largest absolute Gasteiger partial charge is 0.381 e. The second kappa shape index (κ2) is 64.5. The molecule has 0 saturated carbocycles. The van der Waals surface area contributed by atoms with E-state index in [2.05, 4.69) is 182 Å². The van der Waals surface area contributed by atoms with Crippen LogP contribution in [0.15, 0.2) is 0 Å². The Morgan fingerprint density at radius 3 is 0.842 bits per heavy atom. The van der Waals surface area contributed by atoms with Gasteiger partial charge in [0.15, 0.2) is 19.7 Å². The van der Waals surface area contributed by atoms with Crippen molar-refractivity contribution in [2.75, 3.05) is 102 Å². The molecule has 8 aliphatic heterocycles. The molecular formula is C89H197N3O7S2. The quantitative estimate of drug-likeness (QED) is 0.216. The summed E-state index contributed by atoms with van der Waals surface area (Å²) in [7, 11) is -5.27. The zero-order valence-electron chi connectivity index (χ0n) is 77.1. The maximum atomic E-state index is 11.1. The Bertz CT molecular complexity index is 1770. The summed E-state index contributed by atoms with van der Waals surface area (Å²) < 4.78 is 59.6. The van der Waals surface area contributed by atoms with E-state index in [1.165, 1.54) is 129 Å². The number of piperidine rings is 2. The molecule has 0 amide bonds. The molecule has 8 aliphatic rings. The van der Waals surface area contributed by atoms with Gasteiger partial charge < -0.3 is 30.2 Å². The monoisotopic (exact) mass is 1480 g/mol. The summed E-state index contributed by atoms with van der Waals surface area (Å²) in [5, 5.41) is 10.1. The average Bonchev–Trinajstić information content (AvgIpc) is 1.29. The highest BCUT2D eigenvalue weighted by atomic mass is 32.2. The van der Waals surface area contributed by atoms with Gasteiger partial charge in [0.2, 0.25) is 0 Å². The molecule has 8 rings (SSSR count). The molecule has 0 aromatic rings. The molecule has 0 bridgehead atoms. The van der Waals surface area contributed by atoms with Crippen molar-refractivity contribution in [3.63, 3.8) is 0 Å². The second-order valence-electron chi connectivity index (χ2n) is 37.8. The van der Waals surface area contributed by atoms with Crippen molar-refractivity contribution in [1.82, 2.24) is 16.0 Å². The SMILES string of the molecule is CC.CC.CC.CC.CC.CC.CC.CC.CC(C)(C)CC1CCCNC1.CC(C)(C)CC1CCCOC1.CC(C)(C)CC1CCNCC1.CC(C)(C)CC1CCOCC1.CC(C)(C)CC1CCS(=O)(=O)C1.CC(C)(C)CC1CNC1.CC(C)(C)CC1COC1.CC(C)(C)CC1CS(=O)(=O)C1. The lowest BCUT2D eigenvalue weighted by molar-refractivity contribution is -0.0486. The smallest absolute Gasteiger partial charge is 0.150 e. The first kappa shape index (κ1) is 116. The van der Waals surface area contributed by atoms with Crippen LogP contribution in [-0.4, -0.2) is 119 Å². The lowest BCUT2D eigenvalue weighted by Crippen LogP contribution is -2.43. The van der Waals surface area contributed by atoms with Gasteiger partial charge in [-0.25, -0.2) is 16.8 Å². The normalized spacial score (nSPS) is 21.2. The van der Waals surface area contributed by atoms with Crippen LogP contribution >= 0.6 is 0 Å². The van der Waals surface area contributed by atoms with Crippen LogP contribution in [-0.2, 0) is 33.9 Å². The Labute approximate surface area is 641 Å². The van der Waals surface area contributed by atoms with Crippen LogP contribution in [0.5, 0.6) is 0 Å². The molecular weight excluding hydrogens is 1290 g/mol. The molecule has 8 saturated heterocycles. The molecule has 8 heterocycles. The maximum absolute atomic E-state index is 11.1. The predicted molar refractivity (Wildman–Crippen MR) is 461 cm³/mol. The Morgan fingerprint density at radius 2 is 0.564 bits per heavy atom. The Morgan fingerprint density at radius 1 is 0.257 bits per heavy atom. The van der Waals surface area contributed by atoms with Crippen LogP contribution < -0.4 is 16.0 Å². The van der Waals surface area contributed by atoms with Crippen molar-refractivity contribution in [1.29, 1.82) is 0 Å². The van der Waals surface area contributed by atoms with Crippen molar-refractivity contribution in [2.45, 2.75) is 386 Å². The van der Waals surface area contributed by atoms with Gasteiger partial charge in [0.05, 0.1) is 36.2 Å². The van der Waals surface area contributed by atoms with E-state index in [-0.39, 0.29) is 10.8 Å². The van der Waals surface area contributed by atoms with E-state index in [1.807, 2.05) is 111 Å². The highest BCUT2D eigenvalue weighted by Gasteiger charge is 2.36. The Kier molecular flexibility index (Phi) is 74.3. The first-order valence-electron chi connectivity index (χ1n) is 42.8. The molecule has 101 heavy (non-hydrogen) atoms. The van der Waals surface area contributed by atoms with Gasteiger partial charge >= 0.3 is 0 Å². The fourth-order valence-electron chi connectivity index (χ4n) is 13.7. The number of hydrogen-bond donors (Lipinski definition) is 3. The number of ether oxygens (including phenoxy) is 3. The molecule has 3 unspecified atom stereocenters. The number of sulfone groups is 2. The highest BCUT2D eigenvalue weighted by Crippen LogP contribution is 2.35. The third-order valence-electron chi connectivity index (χ3n) is 16.5. The van der Waals surface area contributed by atoms with Gasteiger partial charge in [0, 0.05) is 32.3 Å². The second-order valence-corrected chi connectivity index (χ2v) is 42.2. The van der Waals surface area contributed by atoms with Gasteiger partial charge in [-0.3, -0.25) is 0 Å². The Hall–Kier alpha value is -0.340. The predicted octanol–water partition coefficient (Wildman–Crippen LogP) is 25.8. The molecule has 12 heteroatoms. The summed E-state index contributed by atoms with van der Waals surface area (Å²) in [6.45, 7) is 100. The fraction of sp³-hybridized carbons (Fsp3) is 1.00. The minimum absolute atomic E-state index is 0.268. The van der Waals surface area contributed by atoms with Crippen molar-refractivity contribution >= 4 is 19.7 Å². The standard InChI is InChI=1S/2C10H21N.2C10H20O.C9H18O2S.C8H17N.C8H16O2S.C8H16O.8C2H6/c1-10(2,3)8-9-4-6-11-7-5-9;1-10(2,3)7-9-5-4-6-11-8-9;1-10(2,3)8-9-4-6-11-7-5-9;1-10(2,3)7-9-5-4-6-11-8-9;1-9(2,3)6-8-4-5-12(10,11)7-8;1-8(2,3)4-7-5-9-6-7;1-8(2,3)4-7-5-11(9,10)6-7;1-8(2,3)4-7-5-9-6-7;8*1-2/h2*9,11H,4-8H2,1-3H3;2*9H,4-8H2,1-3H3;8H,4-7H2,1-3H3;7,9H,4-6H2,1-3H3;7H,4-6H2,1-3H3;7H,4-6H2,1-3H3;8*1-2H3. The molecule has 10 nitrogen and oxygen atoms in total. The summed E-state index contributed by atoms with van der Waals surface area (Å²) in [5.74, 6) is 7.99. The molecule has 3 atom stereocenters. The zero-order valence-corrected chi connectivity index (χ0v) is 78.8. The minimum atomic E-state index is -2.67. The van der Waals surface area contributed by atoms with Crippen LogP contribution in [0, 0.1) is 90.7 Å². The maximum Gasteiger partial charge on any atom is 0.150 e. The van der Waals surface area contributed by atoms with Gasteiger partial charge in [-0.15, -0.1) is 0 Å². The average molecular weight is 1490 g/mol. The van der Waals surface area contributed by atoms with Gasteiger partial charge in [0.1, 0.15) is 0 Å². The highest BCUT2D eigenvalue weighted by molar-refractivity contribution is 7.92. The molecule has 0 spiro atoms. The van der Waals surface area contributed by atoms with E-state index < -0.39 is 19.7 Å². The van der Waals surface area contributed by atoms with E-state index in [9.17, 15) is 16.8 Å². The van der Waals surface area contributed by atoms with Crippen LogP contribution in [0.1, 0.15) is 386 Å². The van der Waals surface area contributed by atoms with E-state index in [0.29, 0.717) is 67.3 Å². The summed E-state index contributed by atoms with van der Waals surface area (Å²) in [6.07, 6.45) is 21.8. The molecule has 622 valence electrons. The first-order chi connectivity index (χ1) is 46.5. The summed E-state index contributed by atoms with van der Waals surface area (Å²) in [6, 6.07) is 0. The molecule has 8 fully saturated rings. The lowest BCUT2D eigenvalue weighted by Gasteiger charge is -2.32. The lowest BCUT2D eigenvalue weighted by atomic mass is 9.81. The van der Waals surface area contributed by atoms with Gasteiger partial charge in [-0.1, -0.05) is 277 Å². The van der Waals surface area contributed by atoms with Crippen LogP contribution in [0.25, 0.3) is 0 Å². The first-order valence-corrected chi connectivity index (χ1v) is 46.4. The molecule has 0 aromatic carbocycles. The van der Waals surface area contributed by atoms with E-state index in [0.717, 1.165) is 94.4 Å². The van der Waals surface area contributed by atoms with Crippen LogP contribution in [0.4, 0.5) is 0 Å². The number of hydrogen-bond acceptors (Lipinski definition) is 10. The summed E-state index contributed by atoms with van der Waals surface area (Å²) >= 11 is 0. The number of rotatable bonds is 8. The van der Waals surface area contributed by atoms with Crippen molar-refractivity contribution < 1.29 is 31.0 Å². The van der Waals surface area contributed by atoms with Crippen molar-refractivity contribution in [2.24, 2.45) is 90.7 Å². The molecule has 0 aromatic heterocycles. The van der Waals surface area contributed by atoms with Crippen molar-refractivity contribution in [3.8, 4) is 0 Å². The van der Waals surface area contributed by atoms with Gasteiger partial charge in [-0.05, 0) is 233 Å². The molecule has 0 radical (unpaired) electrons. The zero-order chi connectivity index (χ0) is 81.2. The van der Waals surface area contributed by atoms with E-state index >= 15 is 0 Å². The fourth-order valence-corrected chi connectivity index (χ4v) is 17.2. The van der Waals surface area contributed by atoms with Crippen LogP contribution in [0.2, 0.25) is 0 Å². The third kappa shape index (κ3) is 86.8. The number of nitrogens with one attached hydrogen (secondary N) is 3. The molecule has 0 aliphatic carbocycles. The van der Waals surface area contributed by atoms with E-state index in [1.54, 1.807) is 0 Å². The van der Waals surface area contributed by atoms with Gasteiger partial charge in [-0.2, -0.15) is 0 Å². The molecule has 3 N–H and O–H groups in total. The summed E-state index contributed by atoms with van der Waals surface area (Å²) in [4.78, 5) is 0. The van der Waals surface area contributed by atoms with E-state index in [4.69, 9.17) is 14.2 Å². The third-order valence-corrected chi connectivity index (χ3v) is 20.3. The minimum Gasteiger partial charge on any atom is -0.381 e.